The number of thioether (sulfide) groups is 1. The Bertz CT molecular complexity index is 1290. The van der Waals surface area contributed by atoms with Crippen LogP contribution in [0.2, 0.25) is 0 Å². The highest BCUT2D eigenvalue weighted by Gasteiger charge is 2.16. The molecule has 0 aliphatic carbocycles. The maximum atomic E-state index is 6.50. The molecule has 9 heteroatoms. The molecule has 7 nitrogen and oxygen atoms in total. The molecular formula is C25H27N7S2. The van der Waals surface area contributed by atoms with Crippen molar-refractivity contribution in [2.75, 3.05) is 36.3 Å². The fourth-order valence-electron chi connectivity index (χ4n) is 3.24. The SMILES string of the molecule is C=C(NC(=NCSc1ccc(N(C)C)cc1)c1cnn(-c2ccccc2)c1N)c1ccc(N)s1. The van der Waals surface area contributed by atoms with Crippen LogP contribution in [0.3, 0.4) is 0 Å². The van der Waals surface area contributed by atoms with Crippen LogP contribution in [0, 0.1) is 0 Å². The van der Waals surface area contributed by atoms with Gasteiger partial charge in [-0.15, -0.1) is 23.1 Å². The average Bonchev–Trinajstić information content (AvgIpc) is 3.45. The Morgan fingerprint density at radius 3 is 2.47 bits per heavy atom. The summed E-state index contributed by atoms with van der Waals surface area (Å²) in [5, 5.41) is 8.56. The number of aliphatic imine (C=N–C) groups is 1. The van der Waals surface area contributed by atoms with Crippen molar-refractivity contribution in [3.05, 3.63) is 89.9 Å². The molecule has 4 aromatic rings. The second-order valence-corrected chi connectivity index (χ2v) is 9.80. The molecule has 2 heterocycles. The normalized spacial score (nSPS) is 11.4. The fraction of sp³-hybridized carbons (Fsp3) is 0.120. The lowest BCUT2D eigenvalue weighted by Crippen LogP contribution is -2.23. The van der Waals surface area contributed by atoms with Crippen LogP contribution in [0.4, 0.5) is 16.5 Å². The summed E-state index contributed by atoms with van der Waals surface area (Å²) in [7, 11) is 4.05. The van der Waals surface area contributed by atoms with Gasteiger partial charge in [-0.2, -0.15) is 5.10 Å². The first kappa shape index (κ1) is 23.5. The summed E-state index contributed by atoms with van der Waals surface area (Å²) < 4.78 is 1.70. The third-order valence-electron chi connectivity index (χ3n) is 5.06. The molecule has 0 unspecified atom stereocenters. The number of nitrogens with two attached hydrogens (primary N) is 2. The molecule has 2 aromatic heterocycles. The van der Waals surface area contributed by atoms with Crippen LogP contribution in [0.25, 0.3) is 11.4 Å². The second kappa shape index (κ2) is 10.5. The molecule has 34 heavy (non-hydrogen) atoms. The molecule has 0 saturated carbocycles. The molecular weight excluding hydrogens is 462 g/mol. The van der Waals surface area contributed by atoms with Gasteiger partial charge in [-0.25, -0.2) is 4.68 Å². The van der Waals surface area contributed by atoms with Crippen molar-refractivity contribution >= 4 is 51.1 Å². The molecule has 0 atom stereocenters. The molecule has 2 aromatic carbocycles. The van der Waals surface area contributed by atoms with E-state index in [0.717, 1.165) is 26.1 Å². The van der Waals surface area contributed by atoms with Crippen molar-refractivity contribution in [1.82, 2.24) is 15.1 Å². The average molecular weight is 490 g/mol. The second-order valence-electron chi connectivity index (χ2n) is 7.66. The first-order valence-electron chi connectivity index (χ1n) is 10.6. The summed E-state index contributed by atoms with van der Waals surface area (Å²) in [6.45, 7) is 4.17. The summed E-state index contributed by atoms with van der Waals surface area (Å²) in [5.41, 5.74) is 15.9. The minimum absolute atomic E-state index is 0.497. The van der Waals surface area contributed by atoms with E-state index in [9.17, 15) is 0 Å². The Labute approximate surface area is 207 Å². The fourth-order valence-corrected chi connectivity index (χ4v) is 4.61. The number of benzene rings is 2. The number of aromatic nitrogens is 2. The van der Waals surface area contributed by atoms with Crippen LogP contribution in [0.5, 0.6) is 0 Å². The lowest BCUT2D eigenvalue weighted by Gasteiger charge is -2.13. The Hall–Kier alpha value is -3.69. The highest BCUT2D eigenvalue weighted by molar-refractivity contribution is 7.99. The monoisotopic (exact) mass is 489 g/mol. The van der Waals surface area contributed by atoms with E-state index in [1.807, 2.05) is 56.6 Å². The van der Waals surface area contributed by atoms with Gasteiger partial charge in [-0.3, -0.25) is 4.99 Å². The van der Waals surface area contributed by atoms with Gasteiger partial charge in [-0.1, -0.05) is 24.8 Å². The van der Waals surface area contributed by atoms with Crippen LogP contribution in [0.1, 0.15) is 10.4 Å². The maximum Gasteiger partial charge on any atom is 0.139 e. The topological polar surface area (TPSA) is 97.5 Å². The summed E-state index contributed by atoms with van der Waals surface area (Å²) in [6.07, 6.45) is 1.72. The molecule has 0 saturated heterocycles. The number of hydrogen-bond acceptors (Lipinski definition) is 7. The standard InChI is InChI=1S/C25H27N7S2/c1-17(22-13-14-23(26)34-22)30-25(28-16-33-20-11-9-18(10-12-20)31(2)3)21-15-29-32(24(21)27)19-7-5-4-6-8-19/h4-15H,1,16,26-27H2,2-3H3,(H,28,30). The third-order valence-corrected chi connectivity index (χ3v) is 6.90. The van der Waals surface area contributed by atoms with E-state index in [-0.39, 0.29) is 0 Å². The number of hydrogen-bond donors (Lipinski definition) is 3. The van der Waals surface area contributed by atoms with Crippen molar-refractivity contribution < 1.29 is 0 Å². The molecule has 0 radical (unpaired) electrons. The van der Waals surface area contributed by atoms with Gasteiger partial charge >= 0.3 is 0 Å². The first-order valence-corrected chi connectivity index (χ1v) is 12.4. The van der Waals surface area contributed by atoms with E-state index < -0.39 is 0 Å². The number of amidine groups is 1. The highest BCUT2D eigenvalue weighted by atomic mass is 32.2. The van der Waals surface area contributed by atoms with E-state index in [1.54, 1.807) is 22.6 Å². The summed E-state index contributed by atoms with van der Waals surface area (Å²) in [5.74, 6) is 1.60. The number of rotatable bonds is 8. The van der Waals surface area contributed by atoms with Gasteiger partial charge in [0.25, 0.3) is 0 Å². The van der Waals surface area contributed by atoms with Crippen molar-refractivity contribution in [2.24, 2.45) is 4.99 Å². The van der Waals surface area contributed by atoms with Gasteiger partial charge in [0.2, 0.25) is 0 Å². The predicted octanol–water partition coefficient (Wildman–Crippen LogP) is 4.92. The zero-order valence-corrected chi connectivity index (χ0v) is 20.7. The largest absolute Gasteiger partial charge is 0.391 e. The molecule has 174 valence electrons. The Balaban J connectivity index is 1.59. The van der Waals surface area contributed by atoms with Gasteiger partial charge in [0.1, 0.15) is 11.7 Å². The van der Waals surface area contributed by atoms with Crippen LogP contribution >= 0.6 is 23.1 Å². The van der Waals surface area contributed by atoms with Crippen LogP contribution < -0.4 is 21.7 Å². The minimum atomic E-state index is 0.497. The Morgan fingerprint density at radius 2 is 1.82 bits per heavy atom. The molecule has 0 spiro atoms. The lowest BCUT2D eigenvalue weighted by molar-refractivity contribution is 0.891. The first-order chi connectivity index (χ1) is 16.4. The molecule has 0 aliphatic rings. The molecule has 4 rings (SSSR count). The summed E-state index contributed by atoms with van der Waals surface area (Å²) in [6, 6.07) is 21.9. The molecule has 0 fully saturated rings. The van der Waals surface area contributed by atoms with E-state index in [1.165, 1.54) is 11.3 Å². The number of thiophene rings is 1. The zero-order valence-electron chi connectivity index (χ0n) is 19.1. The number of nitrogens with zero attached hydrogens (tertiary/aromatic N) is 4. The van der Waals surface area contributed by atoms with E-state index in [4.69, 9.17) is 16.5 Å². The van der Waals surface area contributed by atoms with Gasteiger partial charge in [0, 0.05) is 30.4 Å². The van der Waals surface area contributed by atoms with Crippen LogP contribution in [-0.2, 0) is 0 Å². The number of nitrogens with one attached hydrogen (secondary N) is 1. The molecule has 0 aliphatic heterocycles. The Kier molecular flexibility index (Phi) is 7.24. The number of anilines is 3. The summed E-state index contributed by atoms with van der Waals surface area (Å²) >= 11 is 3.10. The van der Waals surface area contributed by atoms with E-state index in [0.29, 0.717) is 28.8 Å². The third kappa shape index (κ3) is 5.44. The molecule has 0 amide bonds. The van der Waals surface area contributed by atoms with Crippen molar-refractivity contribution in [1.29, 1.82) is 0 Å². The van der Waals surface area contributed by atoms with Crippen molar-refractivity contribution in [3.63, 3.8) is 0 Å². The van der Waals surface area contributed by atoms with Crippen molar-refractivity contribution in [2.45, 2.75) is 4.90 Å². The molecule has 0 bridgehead atoms. The van der Waals surface area contributed by atoms with Gasteiger partial charge in [-0.05, 0) is 48.5 Å². The lowest BCUT2D eigenvalue weighted by atomic mass is 10.2. The zero-order chi connectivity index (χ0) is 24.1. The minimum Gasteiger partial charge on any atom is -0.391 e. The van der Waals surface area contributed by atoms with Crippen molar-refractivity contribution in [3.8, 4) is 5.69 Å². The van der Waals surface area contributed by atoms with Gasteiger partial charge < -0.3 is 21.7 Å². The predicted molar refractivity (Wildman–Crippen MR) is 147 cm³/mol. The van der Waals surface area contributed by atoms with Crippen LogP contribution in [0.15, 0.2) is 89.4 Å². The number of nitrogen functional groups attached to an aromatic ring is 2. The maximum absolute atomic E-state index is 6.50. The molecule has 5 N–H and O–H groups in total. The van der Waals surface area contributed by atoms with Gasteiger partial charge in [0.15, 0.2) is 0 Å². The van der Waals surface area contributed by atoms with E-state index in [2.05, 4.69) is 46.2 Å². The highest BCUT2D eigenvalue weighted by Crippen LogP contribution is 2.26. The number of para-hydroxylation sites is 1. The van der Waals surface area contributed by atoms with Gasteiger partial charge in [0.05, 0.1) is 33.2 Å². The smallest absolute Gasteiger partial charge is 0.139 e. The quantitative estimate of drug-likeness (QED) is 0.185. The van der Waals surface area contributed by atoms with E-state index >= 15 is 0 Å². The summed E-state index contributed by atoms with van der Waals surface area (Å²) in [4.78, 5) is 8.97. The Morgan fingerprint density at radius 1 is 1.09 bits per heavy atom. The van der Waals surface area contributed by atoms with Crippen LogP contribution in [-0.4, -0.2) is 35.6 Å².